The minimum atomic E-state index is -2.51. The lowest BCUT2D eigenvalue weighted by Crippen LogP contribution is -2.52. The summed E-state index contributed by atoms with van der Waals surface area (Å²) in [6, 6.07) is 0. The van der Waals surface area contributed by atoms with Gasteiger partial charge in [0.1, 0.15) is 0 Å². The molecule has 3 nitrogen and oxygen atoms in total. The van der Waals surface area contributed by atoms with Gasteiger partial charge in [0.2, 0.25) is 0 Å². The molecule has 0 heterocycles. The Labute approximate surface area is 93.8 Å². The second-order valence-electron chi connectivity index (χ2n) is 4.87. The Balaban J connectivity index is 2.77. The van der Waals surface area contributed by atoms with E-state index in [0.29, 0.717) is 5.54 Å². The maximum Gasteiger partial charge on any atom is 0.504 e. The third kappa shape index (κ3) is 3.14. The molecular formula is C11H22O3Si. The van der Waals surface area contributed by atoms with Gasteiger partial charge < -0.3 is 13.3 Å². The van der Waals surface area contributed by atoms with Gasteiger partial charge in [-0.15, -0.1) is 0 Å². The molecule has 0 atom stereocenters. The Morgan fingerprint density at radius 1 is 1.07 bits per heavy atom. The molecule has 88 valence electrons. The van der Waals surface area contributed by atoms with Crippen LogP contribution in [0, 0.1) is 0 Å². The molecule has 0 radical (unpaired) electrons. The van der Waals surface area contributed by atoms with Gasteiger partial charge in [-0.3, -0.25) is 0 Å². The number of allylic oxidation sites excluding steroid dienone is 2. The highest BCUT2D eigenvalue weighted by Crippen LogP contribution is 2.37. The zero-order valence-corrected chi connectivity index (χ0v) is 11.4. The molecule has 0 unspecified atom stereocenters. The minimum absolute atomic E-state index is 0.221. The van der Waals surface area contributed by atoms with Crippen molar-refractivity contribution < 1.29 is 13.3 Å². The van der Waals surface area contributed by atoms with E-state index in [9.17, 15) is 0 Å². The molecule has 0 spiro atoms. The average molecular weight is 230 g/mol. The Morgan fingerprint density at radius 2 is 1.53 bits per heavy atom. The minimum Gasteiger partial charge on any atom is -0.377 e. The van der Waals surface area contributed by atoms with E-state index >= 15 is 0 Å². The van der Waals surface area contributed by atoms with Crippen LogP contribution in [0.3, 0.4) is 0 Å². The van der Waals surface area contributed by atoms with Crippen LogP contribution in [-0.2, 0) is 13.3 Å². The van der Waals surface area contributed by atoms with Gasteiger partial charge >= 0.3 is 8.80 Å². The first-order valence-electron chi connectivity index (χ1n) is 5.39. The van der Waals surface area contributed by atoms with Crippen LogP contribution < -0.4 is 0 Å². The Bertz CT molecular complexity index is 220. The summed E-state index contributed by atoms with van der Waals surface area (Å²) in [4.78, 5) is 0. The molecule has 0 aromatic carbocycles. The zero-order chi connectivity index (χ0) is 11.5. The molecule has 1 aliphatic carbocycles. The Hall–Kier alpha value is -0.163. The topological polar surface area (TPSA) is 27.7 Å². The van der Waals surface area contributed by atoms with E-state index in [1.165, 1.54) is 0 Å². The maximum absolute atomic E-state index is 6.06. The molecule has 1 aliphatic rings. The van der Waals surface area contributed by atoms with Gasteiger partial charge in [-0.1, -0.05) is 12.2 Å². The molecule has 4 heteroatoms. The fourth-order valence-corrected chi connectivity index (χ4v) is 4.79. The monoisotopic (exact) mass is 230 g/mol. The average Bonchev–Trinajstić information content (AvgIpc) is 2.66. The lowest BCUT2D eigenvalue weighted by molar-refractivity contribution is 0.00970. The standard InChI is InChI=1S/C11H22O3Si/c1-11(2,3)14-15(12-4,13-5)10-8-6-7-9-10/h6-7,10H,8-9H2,1-5H3. The van der Waals surface area contributed by atoms with Crippen LogP contribution >= 0.6 is 0 Å². The van der Waals surface area contributed by atoms with E-state index in [1.54, 1.807) is 14.2 Å². The number of rotatable bonds is 4. The van der Waals surface area contributed by atoms with Crippen molar-refractivity contribution in [2.45, 2.75) is 44.8 Å². The fraction of sp³-hybridized carbons (Fsp3) is 0.818. The predicted octanol–water partition coefficient (Wildman–Crippen LogP) is 2.75. The van der Waals surface area contributed by atoms with Crippen molar-refractivity contribution in [1.82, 2.24) is 0 Å². The van der Waals surface area contributed by atoms with Gasteiger partial charge in [0.25, 0.3) is 0 Å². The van der Waals surface area contributed by atoms with Crippen molar-refractivity contribution in [2.75, 3.05) is 14.2 Å². The van der Waals surface area contributed by atoms with E-state index < -0.39 is 8.80 Å². The summed E-state index contributed by atoms with van der Waals surface area (Å²) in [6.07, 6.45) is 6.36. The summed E-state index contributed by atoms with van der Waals surface area (Å²) in [7, 11) is 0.880. The second-order valence-corrected chi connectivity index (χ2v) is 7.91. The van der Waals surface area contributed by atoms with Gasteiger partial charge in [0, 0.05) is 19.8 Å². The summed E-state index contributed by atoms with van der Waals surface area (Å²) in [6.45, 7) is 6.11. The Morgan fingerprint density at radius 3 is 1.87 bits per heavy atom. The van der Waals surface area contributed by atoms with Crippen LogP contribution in [0.2, 0.25) is 5.54 Å². The first kappa shape index (κ1) is 12.9. The van der Waals surface area contributed by atoms with Crippen molar-refractivity contribution >= 4 is 8.80 Å². The van der Waals surface area contributed by atoms with E-state index in [4.69, 9.17) is 13.3 Å². The summed E-state index contributed by atoms with van der Waals surface area (Å²) in [5.74, 6) is 0. The molecule has 0 fully saturated rings. The summed E-state index contributed by atoms with van der Waals surface area (Å²) >= 11 is 0. The highest BCUT2D eigenvalue weighted by molar-refractivity contribution is 6.62. The molecule has 15 heavy (non-hydrogen) atoms. The lowest BCUT2D eigenvalue weighted by Gasteiger charge is -2.37. The first-order chi connectivity index (χ1) is 6.93. The molecule has 0 bridgehead atoms. The molecule has 0 N–H and O–H groups in total. The van der Waals surface area contributed by atoms with Gasteiger partial charge in [-0.05, 0) is 33.6 Å². The largest absolute Gasteiger partial charge is 0.504 e. The van der Waals surface area contributed by atoms with Gasteiger partial charge in [0.05, 0.1) is 5.60 Å². The Kier molecular flexibility index (Phi) is 4.11. The molecular weight excluding hydrogens is 208 g/mol. The van der Waals surface area contributed by atoms with E-state index in [-0.39, 0.29) is 5.60 Å². The van der Waals surface area contributed by atoms with Crippen LogP contribution in [0.25, 0.3) is 0 Å². The molecule has 0 amide bonds. The molecule has 0 saturated carbocycles. The van der Waals surface area contributed by atoms with Crippen molar-refractivity contribution in [3.05, 3.63) is 12.2 Å². The summed E-state index contributed by atoms with van der Waals surface area (Å²) in [5, 5.41) is 0. The van der Waals surface area contributed by atoms with Crippen LogP contribution in [0.1, 0.15) is 33.6 Å². The SMILES string of the molecule is CO[Si](OC)(OC(C)(C)C)C1CC=CC1. The predicted molar refractivity (Wildman–Crippen MR) is 62.7 cm³/mol. The third-order valence-electron chi connectivity index (χ3n) is 2.53. The maximum atomic E-state index is 6.06. The molecule has 0 aromatic heterocycles. The van der Waals surface area contributed by atoms with Crippen molar-refractivity contribution in [1.29, 1.82) is 0 Å². The van der Waals surface area contributed by atoms with Gasteiger partial charge in [0.15, 0.2) is 0 Å². The van der Waals surface area contributed by atoms with Gasteiger partial charge in [-0.2, -0.15) is 0 Å². The lowest BCUT2D eigenvalue weighted by atomic mass is 10.2. The smallest absolute Gasteiger partial charge is 0.377 e. The van der Waals surface area contributed by atoms with Crippen molar-refractivity contribution in [3.63, 3.8) is 0 Å². The summed E-state index contributed by atoms with van der Waals surface area (Å²) in [5.41, 5.74) is 0.160. The highest BCUT2D eigenvalue weighted by Gasteiger charge is 2.50. The van der Waals surface area contributed by atoms with E-state index in [2.05, 4.69) is 12.2 Å². The van der Waals surface area contributed by atoms with E-state index in [1.807, 2.05) is 20.8 Å². The van der Waals surface area contributed by atoms with Crippen LogP contribution in [-0.4, -0.2) is 28.6 Å². The quantitative estimate of drug-likeness (QED) is 0.549. The third-order valence-corrected chi connectivity index (χ3v) is 6.03. The first-order valence-corrected chi connectivity index (χ1v) is 7.19. The highest BCUT2D eigenvalue weighted by atomic mass is 28.4. The van der Waals surface area contributed by atoms with Crippen molar-refractivity contribution in [2.24, 2.45) is 0 Å². The van der Waals surface area contributed by atoms with Crippen LogP contribution in [0.5, 0.6) is 0 Å². The molecule has 1 rings (SSSR count). The molecule has 0 aliphatic heterocycles. The summed E-state index contributed by atoms with van der Waals surface area (Å²) < 4.78 is 17.3. The molecule has 0 saturated heterocycles. The number of hydrogen-bond donors (Lipinski definition) is 0. The second kappa shape index (κ2) is 4.78. The zero-order valence-electron chi connectivity index (χ0n) is 10.4. The number of hydrogen-bond acceptors (Lipinski definition) is 3. The fourth-order valence-electron chi connectivity index (χ4n) is 1.92. The van der Waals surface area contributed by atoms with Crippen molar-refractivity contribution in [3.8, 4) is 0 Å². The van der Waals surface area contributed by atoms with Crippen LogP contribution in [0.15, 0.2) is 12.2 Å². The normalized spacial score (nSPS) is 18.7. The molecule has 0 aromatic rings. The van der Waals surface area contributed by atoms with Gasteiger partial charge in [-0.25, -0.2) is 0 Å². The van der Waals surface area contributed by atoms with E-state index in [0.717, 1.165) is 12.8 Å². The van der Waals surface area contributed by atoms with Crippen LogP contribution in [0.4, 0.5) is 0 Å².